The number of amides is 1. The zero-order chi connectivity index (χ0) is 16.0. The largest absolute Gasteiger partial charge is 0.396 e. The van der Waals surface area contributed by atoms with Crippen LogP contribution in [0.4, 0.5) is 0 Å². The first-order valence-electron chi connectivity index (χ1n) is 8.45. The number of hydrogen-bond acceptors (Lipinski definition) is 2. The lowest BCUT2D eigenvalue weighted by Gasteiger charge is -2.30. The van der Waals surface area contributed by atoms with Gasteiger partial charge in [-0.2, -0.15) is 0 Å². The van der Waals surface area contributed by atoms with Crippen LogP contribution in [0.2, 0.25) is 0 Å². The molecule has 0 aromatic heterocycles. The molecule has 122 valence electrons. The van der Waals surface area contributed by atoms with Crippen LogP contribution in [0, 0.1) is 11.3 Å². The van der Waals surface area contributed by atoms with Crippen LogP contribution in [0.15, 0.2) is 30.3 Å². The van der Waals surface area contributed by atoms with Crippen molar-refractivity contribution in [2.24, 2.45) is 11.3 Å². The standard InChI is InChI=1S/C19H29NO2/c1-19(2,12-13-21)14-20-18(22)17-10-8-16(9-11-17)15-6-4-3-5-7-15/h3-7,16-17,21H,8-14H2,1-2H3,(H,20,22). The fourth-order valence-electron chi connectivity index (χ4n) is 3.28. The van der Waals surface area contributed by atoms with Gasteiger partial charge in [0.25, 0.3) is 0 Å². The Labute approximate surface area is 134 Å². The summed E-state index contributed by atoms with van der Waals surface area (Å²) < 4.78 is 0. The predicted molar refractivity (Wildman–Crippen MR) is 89.6 cm³/mol. The molecule has 0 unspecified atom stereocenters. The SMILES string of the molecule is CC(C)(CCO)CNC(=O)C1CCC(c2ccccc2)CC1. The van der Waals surface area contributed by atoms with Crippen molar-refractivity contribution in [3.63, 3.8) is 0 Å². The van der Waals surface area contributed by atoms with Gasteiger partial charge < -0.3 is 10.4 Å². The van der Waals surface area contributed by atoms with Crippen LogP contribution in [0.3, 0.4) is 0 Å². The van der Waals surface area contributed by atoms with Crippen molar-refractivity contribution in [1.82, 2.24) is 5.32 Å². The Morgan fingerprint density at radius 3 is 2.41 bits per heavy atom. The zero-order valence-electron chi connectivity index (χ0n) is 13.8. The molecular weight excluding hydrogens is 274 g/mol. The van der Waals surface area contributed by atoms with Gasteiger partial charge in [-0.3, -0.25) is 4.79 Å². The van der Waals surface area contributed by atoms with Crippen molar-refractivity contribution >= 4 is 5.91 Å². The molecule has 2 rings (SSSR count). The molecule has 1 fully saturated rings. The number of aliphatic hydroxyl groups is 1. The van der Waals surface area contributed by atoms with Crippen LogP contribution in [0.25, 0.3) is 0 Å². The summed E-state index contributed by atoms with van der Waals surface area (Å²) >= 11 is 0. The molecule has 0 heterocycles. The highest BCUT2D eigenvalue weighted by Gasteiger charge is 2.28. The third-order valence-corrected chi connectivity index (χ3v) is 4.90. The molecule has 1 aliphatic rings. The lowest BCUT2D eigenvalue weighted by Crippen LogP contribution is -2.39. The molecule has 1 aliphatic carbocycles. The van der Waals surface area contributed by atoms with Crippen LogP contribution in [0.5, 0.6) is 0 Å². The van der Waals surface area contributed by atoms with E-state index >= 15 is 0 Å². The van der Waals surface area contributed by atoms with Gasteiger partial charge in [0, 0.05) is 19.1 Å². The minimum atomic E-state index is -0.0361. The maximum Gasteiger partial charge on any atom is 0.223 e. The van der Waals surface area contributed by atoms with Crippen molar-refractivity contribution in [2.75, 3.05) is 13.2 Å². The second-order valence-corrected chi connectivity index (χ2v) is 7.31. The number of benzene rings is 1. The first kappa shape index (κ1) is 17.0. The van der Waals surface area contributed by atoms with Crippen LogP contribution in [-0.4, -0.2) is 24.2 Å². The summed E-state index contributed by atoms with van der Waals surface area (Å²) in [5.41, 5.74) is 1.37. The summed E-state index contributed by atoms with van der Waals surface area (Å²) in [4.78, 5) is 12.3. The summed E-state index contributed by atoms with van der Waals surface area (Å²) in [6, 6.07) is 10.6. The van der Waals surface area contributed by atoms with E-state index in [1.54, 1.807) is 0 Å². The molecule has 22 heavy (non-hydrogen) atoms. The second kappa shape index (κ2) is 7.77. The number of carbonyl (C=O) groups is 1. The second-order valence-electron chi connectivity index (χ2n) is 7.31. The van der Waals surface area contributed by atoms with Gasteiger partial charge in [-0.25, -0.2) is 0 Å². The maximum absolute atomic E-state index is 12.3. The molecule has 1 saturated carbocycles. The third kappa shape index (κ3) is 4.84. The van der Waals surface area contributed by atoms with Gasteiger partial charge in [0.05, 0.1) is 0 Å². The summed E-state index contributed by atoms with van der Waals surface area (Å²) in [5.74, 6) is 0.957. The minimum absolute atomic E-state index is 0.0361. The lowest BCUT2D eigenvalue weighted by atomic mass is 9.78. The van der Waals surface area contributed by atoms with Gasteiger partial charge >= 0.3 is 0 Å². The molecule has 1 aromatic carbocycles. The number of carbonyl (C=O) groups excluding carboxylic acids is 1. The van der Waals surface area contributed by atoms with E-state index in [-0.39, 0.29) is 23.8 Å². The van der Waals surface area contributed by atoms with E-state index in [1.807, 2.05) is 0 Å². The van der Waals surface area contributed by atoms with Crippen molar-refractivity contribution in [3.8, 4) is 0 Å². The quantitative estimate of drug-likeness (QED) is 0.845. The summed E-state index contributed by atoms with van der Waals surface area (Å²) in [6.07, 6.45) is 4.87. The first-order valence-corrected chi connectivity index (χ1v) is 8.45. The van der Waals surface area contributed by atoms with E-state index in [2.05, 4.69) is 49.5 Å². The smallest absolute Gasteiger partial charge is 0.223 e. The van der Waals surface area contributed by atoms with E-state index < -0.39 is 0 Å². The number of hydrogen-bond donors (Lipinski definition) is 2. The Hall–Kier alpha value is -1.35. The fourth-order valence-corrected chi connectivity index (χ4v) is 3.28. The Kier molecular flexibility index (Phi) is 6.01. The zero-order valence-corrected chi connectivity index (χ0v) is 13.8. The van der Waals surface area contributed by atoms with Gasteiger partial charge in [0.15, 0.2) is 0 Å². The molecule has 0 atom stereocenters. The molecule has 1 aromatic rings. The van der Waals surface area contributed by atoms with E-state index in [0.717, 1.165) is 25.7 Å². The number of rotatable bonds is 6. The van der Waals surface area contributed by atoms with E-state index in [1.165, 1.54) is 5.56 Å². The number of nitrogens with one attached hydrogen (secondary N) is 1. The molecule has 3 heteroatoms. The highest BCUT2D eigenvalue weighted by Crippen LogP contribution is 2.35. The highest BCUT2D eigenvalue weighted by molar-refractivity contribution is 5.78. The molecule has 2 N–H and O–H groups in total. The van der Waals surface area contributed by atoms with E-state index in [9.17, 15) is 4.79 Å². The molecule has 0 radical (unpaired) electrons. The normalized spacial score (nSPS) is 22.3. The topological polar surface area (TPSA) is 49.3 Å². The molecule has 0 spiro atoms. The van der Waals surface area contributed by atoms with Crippen LogP contribution in [-0.2, 0) is 4.79 Å². The van der Waals surface area contributed by atoms with Gasteiger partial charge in [0.2, 0.25) is 5.91 Å². The molecular formula is C19H29NO2. The maximum atomic E-state index is 12.3. The summed E-state index contributed by atoms with van der Waals surface area (Å²) in [7, 11) is 0. The van der Waals surface area contributed by atoms with Gasteiger partial charge in [-0.05, 0) is 49.0 Å². The Bertz CT molecular complexity index is 462. The van der Waals surface area contributed by atoms with Crippen LogP contribution < -0.4 is 5.32 Å². The highest BCUT2D eigenvalue weighted by atomic mass is 16.3. The van der Waals surface area contributed by atoms with Crippen molar-refractivity contribution in [3.05, 3.63) is 35.9 Å². The van der Waals surface area contributed by atoms with Crippen molar-refractivity contribution in [1.29, 1.82) is 0 Å². The summed E-state index contributed by atoms with van der Waals surface area (Å²) in [5, 5.41) is 12.1. The Balaban J connectivity index is 1.78. The molecule has 0 bridgehead atoms. The lowest BCUT2D eigenvalue weighted by molar-refractivity contribution is -0.126. The van der Waals surface area contributed by atoms with Crippen molar-refractivity contribution < 1.29 is 9.90 Å². The first-order chi connectivity index (χ1) is 10.5. The Morgan fingerprint density at radius 1 is 1.18 bits per heavy atom. The molecule has 1 amide bonds. The fraction of sp³-hybridized carbons (Fsp3) is 0.632. The van der Waals surface area contributed by atoms with Gasteiger partial charge in [-0.1, -0.05) is 44.2 Å². The molecule has 0 saturated heterocycles. The summed E-state index contributed by atoms with van der Waals surface area (Å²) in [6.45, 7) is 4.97. The van der Waals surface area contributed by atoms with Crippen LogP contribution in [0.1, 0.15) is 57.4 Å². The average Bonchev–Trinajstić information content (AvgIpc) is 2.54. The average molecular weight is 303 g/mol. The molecule has 3 nitrogen and oxygen atoms in total. The third-order valence-electron chi connectivity index (χ3n) is 4.90. The number of aliphatic hydroxyl groups excluding tert-OH is 1. The van der Waals surface area contributed by atoms with E-state index in [4.69, 9.17) is 5.11 Å². The van der Waals surface area contributed by atoms with Crippen LogP contribution >= 0.6 is 0 Å². The molecule has 0 aliphatic heterocycles. The predicted octanol–water partition coefficient (Wildman–Crippen LogP) is 3.49. The minimum Gasteiger partial charge on any atom is -0.396 e. The van der Waals surface area contributed by atoms with Gasteiger partial charge in [-0.15, -0.1) is 0 Å². The Morgan fingerprint density at radius 2 is 1.82 bits per heavy atom. The monoisotopic (exact) mass is 303 g/mol. The van der Waals surface area contributed by atoms with Gasteiger partial charge in [0.1, 0.15) is 0 Å². The van der Waals surface area contributed by atoms with E-state index in [0.29, 0.717) is 18.9 Å². The van der Waals surface area contributed by atoms with Crippen molar-refractivity contribution in [2.45, 2.75) is 51.9 Å².